The van der Waals surface area contributed by atoms with Gasteiger partial charge in [0.2, 0.25) is 5.92 Å². The molecule has 2 rings (SSSR count). The van der Waals surface area contributed by atoms with E-state index in [9.17, 15) is 31.1 Å². The number of nitrogens with zero attached hydrogens (tertiary/aromatic N) is 2. The summed E-state index contributed by atoms with van der Waals surface area (Å²) in [4.78, 5) is 12.1. The molecule has 0 atom stereocenters. The highest BCUT2D eigenvalue weighted by Gasteiger charge is 2.55. The summed E-state index contributed by atoms with van der Waals surface area (Å²) in [5.41, 5.74) is -7.02. The summed E-state index contributed by atoms with van der Waals surface area (Å²) in [6, 6.07) is 0. The van der Waals surface area contributed by atoms with Gasteiger partial charge in [0.25, 0.3) is 0 Å². The van der Waals surface area contributed by atoms with E-state index in [4.69, 9.17) is 0 Å². The second-order valence-corrected chi connectivity index (χ2v) is 7.44. The Labute approximate surface area is 146 Å². The summed E-state index contributed by atoms with van der Waals surface area (Å²) < 4.78 is 86.8. The first kappa shape index (κ1) is 20.6. The maximum absolute atomic E-state index is 14.4. The Kier molecular flexibility index (Phi) is 4.87. The Balaban J connectivity index is 2.60. The zero-order valence-electron chi connectivity index (χ0n) is 14.8. The van der Waals surface area contributed by atoms with Crippen molar-refractivity contribution in [3.05, 3.63) is 17.0 Å². The van der Waals surface area contributed by atoms with Gasteiger partial charge in [0.15, 0.2) is 5.69 Å². The van der Waals surface area contributed by atoms with Gasteiger partial charge >= 0.3 is 12.1 Å². The molecule has 0 saturated heterocycles. The lowest BCUT2D eigenvalue weighted by molar-refractivity contribution is -0.160. The molecule has 0 aliphatic heterocycles. The fourth-order valence-corrected chi connectivity index (χ4v) is 3.34. The monoisotopic (exact) mass is 386 g/mol. The number of aromatic nitrogens is 2. The average Bonchev–Trinajstić information content (AvgIpc) is 2.75. The van der Waals surface area contributed by atoms with E-state index < -0.39 is 58.9 Å². The minimum absolute atomic E-state index is 0.203. The highest BCUT2D eigenvalue weighted by Crippen LogP contribution is 2.53. The van der Waals surface area contributed by atoms with Crippen molar-refractivity contribution in [1.29, 1.82) is 0 Å². The zero-order valence-corrected chi connectivity index (χ0v) is 14.8. The van der Waals surface area contributed by atoms with Gasteiger partial charge in [-0.05, 0) is 26.2 Å². The van der Waals surface area contributed by atoms with Crippen LogP contribution in [0.25, 0.3) is 0 Å². The van der Waals surface area contributed by atoms with Crippen LogP contribution in [0.3, 0.4) is 0 Å². The van der Waals surface area contributed by atoms with Crippen molar-refractivity contribution in [1.82, 2.24) is 9.78 Å². The first-order valence-corrected chi connectivity index (χ1v) is 8.02. The minimum Gasteiger partial charge on any atom is -0.461 e. The quantitative estimate of drug-likeness (QED) is 0.543. The lowest BCUT2D eigenvalue weighted by Gasteiger charge is -2.44. The summed E-state index contributed by atoms with van der Waals surface area (Å²) >= 11 is 0. The molecule has 0 aromatic carbocycles. The molecule has 0 unspecified atom stereocenters. The van der Waals surface area contributed by atoms with Gasteiger partial charge in [-0.2, -0.15) is 18.3 Å². The average molecular weight is 386 g/mol. The van der Waals surface area contributed by atoms with Crippen LogP contribution < -0.4 is 0 Å². The van der Waals surface area contributed by atoms with Crippen LogP contribution >= 0.6 is 0 Å². The first-order valence-electron chi connectivity index (χ1n) is 8.02. The van der Waals surface area contributed by atoms with E-state index in [2.05, 4.69) is 9.84 Å². The number of esters is 1. The molecule has 0 amide bonds. The van der Waals surface area contributed by atoms with Crippen molar-refractivity contribution in [3.63, 3.8) is 0 Å². The summed E-state index contributed by atoms with van der Waals surface area (Å²) in [7, 11) is 0. The van der Waals surface area contributed by atoms with Crippen LogP contribution in [0.1, 0.15) is 62.3 Å². The molecule has 4 nitrogen and oxygen atoms in total. The Morgan fingerprint density at radius 2 is 1.77 bits per heavy atom. The molecule has 26 heavy (non-hydrogen) atoms. The van der Waals surface area contributed by atoms with E-state index in [0.29, 0.717) is 4.68 Å². The standard InChI is InChI=1S/C16H20F6N2O2/c1-5-26-12(25)10-9(16(20,21)22)11(13(2,3)17)23-24(10)8-14(4)6-15(18,19)7-14/h5-8H2,1-4H3. The number of ether oxygens (including phenoxy) is 1. The third-order valence-corrected chi connectivity index (χ3v) is 4.17. The predicted molar refractivity (Wildman–Crippen MR) is 79.6 cm³/mol. The molecule has 0 bridgehead atoms. The van der Waals surface area contributed by atoms with Crippen LogP contribution in [0.4, 0.5) is 26.3 Å². The molecule has 1 aromatic rings. The van der Waals surface area contributed by atoms with Gasteiger partial charge in [-0.15, -0.1) is 0 Å². The molecule has 10 heteroatoms. The summed E-state index contributed by atoms with van der Waals surface area (Å²) in [5.74, 6) is -4.24. The van der Waals surface area contributed by atoms with Crippen molar-refractivity contribution in [2.75, 3.05) is 6.61 Å². The Morgan fingerprint density at radius 3 is 2.15 bits per heavy atom. The lowest BCUT2D eigenvalue weighted by atomic mass is 9.67. The Hall–Kier alpha value is -1.74. The zero-order chi connectivity index (χ0) is 20.1. The molecule has 0 radical (unpaired) electrons. The van der Waals surface area contributed by atoms with Crippen LogP contribution in [0.15, 0.2) is 0 Å². The van der Waals surface area contributed by atoms with Gasteiger partial charge in [0, 0.05) is 19.4 Å². The third kappa shape index (κ3) is 3.98. The topological polar surface area (TPSA) is 44.1 Å². The summed E-state index contributed by atoms with van der Waals surface area (Å²) in [5, 5.41) is 3.64. The number of alkyl halides is 6. The molecule has 148 valence electrons. The molecule has 1 aliphatic rings. The minimum atomic E-state index is -5.07. The number of hydrogen-bond donors (Lipinski definition) is 0. The van der Waals surface area contributed by atoms with E-state index in [0.717, 1.165) is 13.8 Å². The molecule has 1 saturated carbocycles. The van der Waals surface area contributed by atoms with Gasteiger partial charge in [0.1, 0.15) is 16.9 Å². The number of halogens is 6. The molecule has 0 spiro atoms. The molecular weight excluding hydrogens is 366 g/mol. The first-order chi connectivity index (χ1) is 11.6. The van der Waals surface area contributed by atoms with Crippen molar-refractivity contribution in [3.8, 4) is 0 Å². The van der Waals surface area contributed by atoms with Crippen molar-refractivity contribution in [2.45, 2.75) is 64.8 Å². The highest BCUT2D eigenvalue weighted by molar-refractivity contribution is 5.90. The van der Waals surface area contributed by atoms with Gasteiger partial charge in [-0.25, -0.2) is 18.0 Å². The van der Waals surface area contributed by atoms with Crippen LogP contribution in [-0.4, -0.2) is 28.3 Å². The third-order valence-electron chi connectivity index (χ3n) is 4.17. The van der Waals surface area contributed by atoms with Crippen LogP contribution in [0.2, 0.25) is 0 Å². The maximum Gasteiger partial charge on any atom is 0.420 e. The van der Waals surface area contributed by atoms with Crippen molar-refractivity contribution < 1.29 is 35.9 Å². The van der Waals surface area contributed by atoms with Crippen LogP contribution in [-0.2, 0) is 23.1 Å². The van der Waals surface area contributed by atoms with E-state index in [1.165, 1.54) is 13.8 Å². The van der Waals surface area contributed by atoms with Crippen LogP contribution in [0, 0.1) is 5.41 Å². The predicted octanol–water partition coefficient (Wildman–Crippen LogP) is 4.72. The van der Waals surface area contributed by atoms with Gasteiger partial charge in [0.05, 0.1) is 6.61 Å². The van der Waals surface area contributed by atoms with E-state index >= 15 is 0 Å². The summed E-state index contributed by atoms with van der Waals surface area (Å²) in [6.45, 7) is 4.03. The second-order valence-electron chi connectivity index (χ2n) is 7.44. The Morgan fingerprint density at radius 1 is 1.23 bits per heavy atom. The van der Waals surface area contributed by atoms with Crippen LogP contribution in [0.5, 0.6) is 0 Å². The maximum atomic E-state index is 14.4. The van der Waals surface area contributed by atoms with E-state index in [-0.39, 0.29) is 13.2 Å². The number of carbonyl (C=O) groups excluding carboxylic acids is 1. The molecule has 1 aromatic heterocycles. The fourth-order valence-electron chi connectivity index (χ4n) is 3.34. The highest BCUT2D eigenvalue weighted by atomic mass is 19.4. The smallest absolute Gasteiger partial charge is 0.420 e. The molecule has 1 heterocycles. The largest absolute Gasteiger partial charge is 0.461 e. The van der Waals surface area contributed by atoms with Gasteiger partial charge in [-0.1, -0.05) is 6.92 Å². The normalized spacial score (nSPS) is 19.2. The van der Waals surface area contributed by atoms with Crippen molar-refractivity contribution >= 4 is 5.97 Å². The molecular formula is C16H20F6N2O2. The van der Waals surface area contributed by atoms with Crippen molar-refractivity contribution in [2.24, 2.45) is 5.41 Å². The SMILES string of the molecule is CCOC(=O)c1c(C(F)(F)F)c(C(C)(C)F)nn1CC1(C)CC(F)(F)C1. The fraction of sp³-hybridized carbons (Fsp3) is 0.750. The lowest BCUT2D eigenvalue weighted by Crippen LogP contribution is -2.47. The number of hydrogen-bond acceptors (Lipinski definition) is 3. The molecule has 0 N–H and O–H groups in total. The number of carbonyl (C=O) groups is 1. The van der Waals surface area contributed by atoms with E-state index in [1.807, 2.05) is 0 Å². The van der Waals surface area contributed by atoms with E-state index in [1.54, 1.807) is 0 Å². The van der Waals surface area contributed by atoms with Gasteiger partial charge in [-0.3, -0.25) is 4.68 Å². The Bertz CT molecular complexity index is 695. The second kappa shape index (κ2) is 6.16. The van der Waals surface area contributed by atoms with Gasteiger partial charge < -0.3 is 4.74 Å². The summed E-state index contributed by atoms with van der Waals surface area (Å²) in [6.07, 6.45) is -6.18. The number of rotatable bonds is 5. The molecule has 1 fully saturated rings. The molecule has 1 aliphatic carbocycles.